The van der Waals surface area contributed by atoms with Crippen molar-refractivity contribution in [3.8, 4) is 5.75 Å². The van der Waals surface area contributed by atoms with Gasteiger partial charge < -0.3 is 4.74 Å². The summed E-state index contributed by atoms with van der Waals surface area (Å²) in [5.41, 5.74) is 0.387. The molecule has 0 aliphatic heterocycles. The molecule has 0 radical (unpaired) electrons. The van der Waals surface area contributed by atoms with E-state index in [1.165, 1.54) is 6.07 Å². The standard InChI is InChI=1S/C15H11Cl3O2/c1-9(20-12-5-2-10(16)3-6-12)15(19)13-7-4-11(17)8-14(13)18/h2-9H,1H3. The maximum Gasteiger partial charge on any atom is 0.204 e. The molecule has 0 fully saturated rings. The molecule has 0 amide bonds. The van der Waals surface area contributed by atoms with Gasteiger partial charge in [-0.05, 0) is 49.4 Å². The molecule has 2 aromatic carbocycles. The number of Topliss-reactive ketones (excluding diaryl/α,β-unsaturated/α-hetero) is 1. The highest BCUT2D eigenvalue weighted by Gasteiger charge is 2.19. The van der Waals surface area contributed by atoms with Crippen molar-refractivity contribution in [3.05, 3.63) is 63.1 Å². The zero-order valence-corrected chi connectivity index (χ0v) is 12.8. The van der Waals surface area contributed by atoms with Crippen LogP contribution in [0.15, 0.2) is 42.5 Å². The topological polar surface area (TPSA) is 26.3 Å². The summed E-state index contributed by atoms with van der Waals surface area (Å²) >= 11 is 17.6. The zero-order valence-electron chi connectivity index (χ0n) is 10.6. The molecule has 0 bridgehead atoms. The van der Waals surface area contributed by atoms with Gasteiger partial charge in [-0.25, -0.2) is 0 Å². The molecule has 0 aromatic heterocycles. The van der Waals surface area contributed by atoms with E-state index in [1.54, 1.807) is 43.3 Å². The van der Waals surface area contributed by atoms with Crippen LogP contribution in [0.25, 0.3) is 0 Å². The minimum Gasteiger partial charge on any atom is -0.483 e. The monoisotopic (exact) mass is 328 g/mol. The number of carbonyl (C=O) groups excluding carboxylic acids is 1. The highest BCUT2D eigenvalue weighted by atomic mass is 35.5. The van der Waals surface area contributed by atoms with Crippen LogP contribution in [0.1, 0.15) is 17.3 Å². The molecule has 0 N–H and O–H groups in total. The summed E-state index contributed by atoms with van der Waals surface area (Å²) in [6, 6.07) is 11.5. The average Bonchev–Trinajstić information content (AvgIpc) is 2.40. The summed E-state index contributed by atoms with van der Waals surface area (Å²) in [5.74, 6) is 0.363. The van der Waals surface area contributed by atoms with Crippen molar-refractivity contribution in [2.24, 2.45) is 0 Å². The normalized spacial score (nSPS) is 12.0. The number of carbonyl (C=O) groups is 1. The van der Waals surface area contributed by atoms with E-state index in [-0.39, 0.29) is 5.78 Å². The van der Waals surface area contributed by atoms with Gasteiger partial charge in [-0.2, -0.15) is 0 Å². The highest BCUT2D eigenvalue weighted by Crippen LogP contribution is 2.24. The fraction of sp³-hybridized carbons (Fsp3) is 0.133. The van der Waals surface area contributed by atoms with Crippen LogP contribution >= 0.6 is 34.8 Å². The first kappa shape index (κ1) is 15.2. The number of hydrogen-bond donors (Lipinski definition) is 0. The van der Waals surface area contributed by atoms with Crippen LogP contribution in [-0.4, -0.2) is 11.9 Å². The fourth-order valence-electron chi connectivity index (χ4n) is 1.68. The minimum absolute atomic E-state index is 0.207. The summed E-state index contributed by atoms with van der Waals surface area (Å²) < 4.78 is 5.57. The summed E-state index contributed by atoms with van der Waals surface area (Å²) in [6.45, 7) is 1.67. The van der Waals surface area contributed by atoms with Crippen LogP contribution in [0.2, 0.25) is 15.1 Å². The predicted octanol–water partition coefficient (Wildman–Crippen LogP) is 5.30. The summed E-state index contributed by atoms with van der Waals surface area (Å²) in [7, 11) is 0. The predicted molar refractivity (Wildman–Crippen MR) is 82.3 cm³/mol. The van der Waals surface area contributed by atoms with Crippen LogP contribution in [0.5, 0.6) is 5.75 Å². The maximum absolute atomic E-state index is 12.3. The molecule has 1 atom stereocenters. The van der Waals surface area contributed by atoms with Gasteiger partial charge in [0.05, 0.1) is 5.02 Å². The van der Waals surface area contributed by atoms with Crippen molar-refractivity contribution in [3.63, 3.8) is 0 Å². The lowest BCUT2D eigenvalue weighted by Gasteiger charge is -2.14. The van der Waals surface area contributed by atoms with E-state index in [0.29, 0.717) is 26.4 Å². The molecule has 0 aliphatic carbocycles. The van der Waals surface area contributed by atoms with Crippen molar-refractivity contribution in [1.29, 1.82) is 0 Å². The van der Waals surface area contributed by atoms with E-state index in [1.807, 2.05) is 0 Å². The van der Waals surface area contributed by atoms with E-state index in [9.17, 15) is 4.79 Å². The Morgan fingerprint density at radius 3 is 2.20 bits per heavy atom. The van der Waals surface area contributed by atoms with Crippen LogP contribution in [0, 0.1) is 0 Å². The molecular formula is C15H11Cl3O2. The Balaban J connectivity index is 2.14. The van der Waals surface area contributed by atoms with Gasteiger partial charge in [-0.15, -0.1) is 0 Å². The number of benzene rings is 2. The highest BCUT2D eigenvalue weighted by molar-refractivity contribution is 6.37. The zero-order chi connectivity index (χ0) is 14.7. The van der Waals surface area contributed by atoms with Crippen molar-refractivity contribution < 1.29 is 9.53 Å². The van der Waals surface area contributed by atoms with Gasteiger partial charge in [0.25, 0.3) is 0 Å². The Labute approximate surface area is 132 Å². The Hall–Kier alpha value is -1.22. The molecule has 0 heterocycles. The van der Waals surface area contributed by atoms with Gasteiger partial charge in [0, 0.05) is 15.6 Å². The number of rotatable bonds is 4. The molecule has 0 saturated carbocycles. The number of ketones is 1. The van der Waals surface area contributed by atoms with Crippen LogP contribution in [0.3, 0.4) is 0 Å². The van der Waals surface area contributed by atoms with Gasteiger partial charge in [-0.1, -0.05) is 34.8 Å². The number of ether oxygens (including phenoxy) is 1. The van der Waals surface area contributed by atoms with Gasteiger partial charge in [-0.3, -0.25) is 4.79 Å². The molecule has 0 spiro atoms. The Kier molecular flexibility index (Phi) is 4.92. The van der Waals surface area contributed by atoms with Crippen molar-refractivity contribution in [2.45, 2.75) is 13.0 Å². The van der Waals surface area contributed by atoms with E-state index >= 15 is 0 Å². The lowest BCUT2D eigenvalue weighted by atomic mass is 10.1. The molecule has 2 aromatic rings. The minimum atomic E-state index is -0.658. The summed E-state index contributed by atoms with van der Waals surface area (Å²) in [5, 5.41) is 1.41. The van der Waals surface area contributed by atoms with E-state index < -0.39 is 6.10 Å². The first-order chi connectivity index (χ1) is 9.47. The second-order valence-electron chi connectivity index (χ2n) is 4.20. The Morgan fingerprint density at radius 2 is 1.60 bits per heavy atom. The maximum atomic E-state index is 12.3. The van der Waals surface area contributed by atoms with Crippen LogP contribution < -0.4 is 4.74 Å². The van der Waals surface area contributed by atoms with E-state index in [2.05, 4.69) is 0 Å². The first-order valence-electron chi connectivity index (χ1n) is 5.89. The first-order valence-corrected chi connectivity index (χ1v) is 7.02. The SMILES string of the molecule is CC(Oc1ccc(Cl)cc1)C(=O)c1ccc(Cl)cc1Cl. The molecule has 104 valence electrons. The van der Waals surface area contributed by atoms with Crippen molar-refractivity contribution in [1.82, 2.24) is 0 Å². The quantitative estimate of drug-likeness (QED) is 0.712. The third kappa shape index (κ3) is 3.66. The van der Waals surface area contributed by atoms with Crippen molar-refractivity contribution in [2.75, 3.05) is 0 Å². The third-order valence-electron chi connectivity index (χ3n) is 2.69. The summed E-state index contributed by atoms with van der Waals surface area (Å²) in [6.07, 6.45) is -0.658. The molecule has 2 nitrogen and oxygen atoms in total. The molecule has 0 aliphatic rings. The lowest BCUT2D eigenvalue weighted by molar-refractivity contribution is 0.0818. The van der Waals surface area contributed by atoms with Gasteiger partial charge >= 0.3 is 0 Å². The lowest BCUT2D eigenvalue weighted by Crippen LogP contribution is -2.24. The average molecular weight is 330 g/mol. The van der Waals surface area contributed by atoms with E-state index in [4.69, 9.17) is 39.5 Å². The number of hydrogen-bond acceptors (Lipinski definition) is 2. The molecule has 1 unspecified atom stereocenters. The number of halogens is 3. The second kappa shape index (κ2) is 6.49. The van der Waals surface area contributed by atoms with Crippen LogP contribution in [0.4, 0.5) is 0 Å². The molecule has 0 saturated heterocycles. The third-order valence-corrected chi connectivity index (χ3v) is 3.49. The Bertz CT molecular complexity index is 624. The van der Waals surface area contributed by atoms with Crippen molar-refractivity contribution >= 4 is 40.6 Å². The fourth-order valence-corrected chi connectivity index (χ4v) is 2.31. The van der Waals surface area contributed by atoms with Gasteiger partial charge in [0.2, 0.25) is 5.78 Å². The largest absolute Gasteiger partial charge is 0.483 e. The molecule has 5 heteroatoms. The van der Waals surface area contributed by atoms with Gasteiger partial charge in [0.15, 0.2) is 6.10 Å². The second-order valence-corrected chi connectivity index (χ2v) is 5.48. The Morgan fingerprint density at radius 1 is 1.00 bits per heavy atom. The van der Waals surface area contributed by atoms with Crippen LogP contribution in [-0.2, 0) is 0 Å². The summed E-state index contributed by atoms with van der Waals surface area (Å²) in [4.78, 5) is 12.3. The molecular weight excluding hydrogens is 319 g/mol. The molecule has 20 heavy (non-hydrogen) atoms. The van der Waals surface area contributed by atoms with E-state index in [0.717, 1.165) is 0 Å². The smallest absolute Gasteiger partial charge is 0.204 e. The van der Waals surface area contributed by atoms with Gasteiger partial charge in [0.1, 0.15) is 5.75 Å². The molecule has 2 rings (SSSR count).